The zero-order chi connectivity index (χ0) is 42.0. The van der Waals surface area contributed by atoms with E-state index in [1.165, 1.54) is 13.0 Å². The van der Waals surface area contributed by atoms with Crippen LogP contribution >= 0.6 is 7.82 Å². The molecule has 1 N–H and O–H groups in total. The Bertz CT molecular complexity index is 2270. The largest absolute Gasteiger partial charge is 0.530 e. The molecule has 0 saturated heterocycles. The van der Waals surface area contributed by atoms with Crippen LogP contribution in [-0.4, -0.2) is 29.0 Å². The van der Waals surface area contributed by atoms with Crippen molar-refractivity contribution in [3.8, 4) is 11.5 Å². The lowest BCUT2D eigenvalue weighted by Crippen LogP contribution is -2.60. The topological polar surface area (TPSA) is 139 Å². The van der Waals surface area contributed by atoms with E-state index in [1.807, 2.05) is 103 Å². The first-order valence-corrected chi connectivity index (χ1v) is 20.6. The molecule has 0 fully saturated rings. The molecule has 6 aromatic carbocycles. The lowest BCUT2D eigenvalue weighted by Gasteiger charge is -2.35. The normalized spacial score (nSPS) is 12.0. The highest BCUT2D eigenvalue weighted by Crippen LogP contribution is 2.53. The molecule has 0 aromatic heterocycles. The number of rotatable bonds is 19. The molecule has 0 unspecified atom stereocenters. The fourth-order valence-electron chi connectivity index (χ4n) is 5.85. The smallest absolute Gasteiger partial charge is 0.485 e. The maximum Gasteiger partial charge on any atom is 0.530 e. The van der Waals surface area contributed by atoms with Crippen molar-refractivity contribution in [1.29, 1.82) is 0 Å². The Kier molecular flexibility index (Phi) is 15.2. The summed E-state index contributed by atoms with van der Waals surface area (Å²) in [5.41, 5.74) is 4.92. The average Bonchev–Trinajstić information content (AvgIpc) is 3.29. The van der Waals surface area contributed by atoms with Crippen molar-refractivity contribution in [2.75, 3.05) is 0 Å². The van der Waals surface area contributed by atoms with E-state index in [0.29, 0.717) is 17.4 Å². The van der Waals surface area contributed by atoms with Gasteiger partial charge in [-0.1, -0.05) is 158 Å². The molecule has 2 amide bonds. The molecule has 0 radical (unpaired) electrons. The number of hydrogen-bond donors (Lipinski definition) is 1. The minimum atomic E-state index is -4.33. The lowest BCUT2D eigenvalue weighted by atomic mass is 9.93. The van der Waals surface area contributed by atoms with Crippen molar-refractivity contribution in [2.45, 2.75) is 51.9 Å². The molecule has 12 nitrogen and oxygen atoms in total. The first-order chi connectivity index (χ1) is 29.2. The fourth-order valence-corrected chi connectivity index (χ4v) is 7.04. The Hall–Kier alpha value is -6.72. The second-order valence-electron chi connectivity index (χ2n) is 13.8. The molecule has 0 aliphatic heterocycles. The predicted molar refractivity (Wildman–Crippen MR) is 224 cm³/mol. The molecule has 0 spiro atoms. The van der Waals surface area contributed by atoms with Crippen LogP contribution < -0.4 is 14.7 Å². The number of hydrazine groups is 1. The summed E-state index contributed by atoms with van der Waals surface area (Å²) in [5, 5.41) is 0.814. The highest BCUT2D eigenvalue weighted by Gasteiger charge is 2.39. The number of phosphoric acid groups is 1. The van der Waals surface area contributed by atoms with E-state index in [1.54, 1.807) is 60.7 Å². The van der Waals surface area contributed by atoms with Crippen molar-refractivity contribution >= 4 is 26.3 Å². The van der Waals surface area contributed by atoms with E-state index in [0.717, 1.165) is 27.3 Å². The van der Waals surface area contributed by atoms with Crippen LogP contribution in [0.25, 0.3) is 0 Å². The van der Waals surface area contributed by atoms with E-state index in [-0.39, 0.29) is 51.0 Å². The summed E-state index contributed by atoms with van der Waals surface area (Å²) >= 11 is 0. The van der Waals surface area contributed by atoms with Gasteiger partial charge in [0.2, 0.25) is 0 Å². The lowest BCUT2D eigenvalue weighted by molar-refractivity contribution is -0.118. The number of amides is 2. The third-order valence-electron chi connectivity index (χ3n) is 9.05. The van der Waals surface area contributed by atoms with E-state index in [4.69, 9.17) is 27.8 Å². The molecule has 0 heterocycles. The molecule has 13 heteroatoms. The van der Waals surface area contributed by atoms with Gasteiger partial charge in [0, 0.05) is 6.42 Å². The number of hydrogen-bond acceptors (Lipinski definition) is 10. The zero-order valence-electron chi connectivity index (χ0n) is 33.0. The molecule has 1 atom stereocenters. The van der Waals surface area contributed by atoms with Gasteiger partial charge < -0.3 is 23.5 Å². The SMILES string of the molecule is C[C@@](C=O)(Cc1ccc(OP(=O)(OCc2ccccc2)OCc2ccccc2)c(OCc2ccccc2)c1)N(NC(=O)OCc1ccccc1)C(=O)OCc1ccccc1. The third-order valence-corrected chi connectivity index (χ3v) is 10.4. The Morgan fingerprint density at radius 3 is 1.47 bits per heavy atom. The number of ether oxygens (including phenoxy) is 3. The molecule has 0 aliphatic carbocycles. The first kappa shape index (κ1) is 42.9. The van der Waals surface area contributed by atoms with Gasteiger partial charge in [0.25, 0.3) is 0 Å². The van der Waals surface area contributed by atoms with Gasteiger partial charge in [-0.25, -0.2) is 24.6 Å². The number of carbonyl (C=O) groups excluding carboxylic acids is 3. The third kappa shape index (κ3) is 12.9. The van der Waals surface area contributed by atoms with Crippen molar-refractivity contribution in [3.63, 3.8) is 0 Å². The van der Waals surface area contributed by atoms with Crippen LogP contribution in [0.4, 0.5) is 9.59 Å². The molecule has 308 valence electrons. The summed E-state index contributed by atoms with van der Waals surface area (Å²) < 4.78 is 49.6. The van der Waals surface area contributed by atoms with Crippen molar-refractivity contribution in [1.82, 2.24) is 10.4 Å². The summed E-state index contributed by atoms with van der Waals surface area (Å²) in [7, 11) is -4.33. The second kappa shape index (κ2) is 21.3. The molecular weight excluding hydrogens is 783 g/mol. The average molecular weight is 829 g/mol. The van der Waals surface area contributed by atoms with Crippen LogP contribution in [0.2, 0.25) is 0 Å². The van der Waals surface area contributed by atoms with Crippen LogP contribution in [0.3, 0.4) is 0 Å². The minimum absolute atomic E-state index is 0.0358. The Morgan fingerprint density at radius 2 is 1.00 bits per heavy atom. The zero-order valence-corrected chi connectivity index (χ0v) is 33.9. The van der Waals surface area contributed by atoms with Crippen LogP contribution in [0.1, 0.15) is 40.3 Å². The minimum Gasteiger partial charge on any atom is -0.485 e. The molecule has 6 rings (SSSR count). The highest BCUT2D eigenvalue weighted by molar-refractivity contribution is 7.48. The van der Waals surface area contributed by atoms with E-state index < -0.39 is 25.5 Å². The standard InChI is InChI=1S/C47H45N2O10P/c1-47(36-50,49(46(52)56-33-39-21-11-4-12-22-39)48-45(51)55-32-38-19-9-3-10-20-38)30-42-27-28-43(44(29-42)54-31-37-17-7-2-8-18-37)59-60(53,57-34-40-23-13-5-14-24-40)58-35-41-25-15-6-16-26-41/h2-29,36H,30-35H2,1H3,(H,48,51)/t47-/m0/s1. The van der Waals surface area contributed by atoms with Crippen LogP contribution in [0.5, 0.6) is 11.5 Å². The van der Waals surface area contributed by atoms with Crippen LogP contribution in [0, 0.1) is 0 Å². The highest BCUT2D eigenvalue weighted by atomic mass is 31.2. The number of carbonyl (C=O) groups is 3. The Morgan fingerprint density at radius 1 is 0.567 bits per heavy atom. The number of aldehydes is 1. The van der Waals surface area contributed by atoms with Crippen molar-refractivity contribution in [3.05, 3.63) is 203 Å². The summed E-state index contributed by atoms with van der Waals surface area (Å²) in [6.07, 6.45) is -1.60. The number of phosphoric ester groups is 1. The summed E-state index contributed by atoms with van der Waals surface area (Å²) in [4.78, 5) is 40.0. The van der Waals surface area contributed by atoms with Gasteiger partial charge in [0.15, 0.2) is 11.5 Å². The van der Waals surface area contributed by atoms with E-state index in [2.05, 4.69) is 5.43 Å². The summed E-state index contributed by atoms with van der Waals surface area (Å²) in [6, 6.07) is 50.5. The Labute approximate surface area is 349 Å². The van der Waals surface area contributed by atoms with Crippen molar-refractivity contribution in [2.24, 2.45) is 0 Å². The monoisotopic (exact) mass is 828 g/mol. The summed E-state index contributed by atoms with van der Waals surface area (Å²) in [5.74, 6) is 0.179. The molecule has 6 aromatic rings. The van der Waals surface area contributed by atoms with E-state index >= 15 is 0 Å². The van der Waals surface area contributed by atoms with Crippen molar-refractivity contribution < 1.29 is 46.7 Å². The van der Waals surface area contributed by atoms with Gasteiger partial charge >= 0.3 is 20.0 Å². The molecular formula is C47H45N2O10P. The van der Waals surface area contributed by atoms with Gasteiger partial charge in [-0.05, 0) is 52.4 Å². The van der Waals surface area contributed by atoms with Gasteiger partial charge in [-0.2, -0.15) is 0 Å². The van der Waals surface area contributed by atoms with E-state index in [9.17, 15) is 18.9 Å². The first-order valence-electron chi connectivity index (χ1n) is 19.1. The molecule has 60 heavy (non-hydrogen) atoms. The van der Waals surface area contributed by atoms with Gasteiger partial charge in [-0.15, -0.1) is 0 Å². The number of nitrogens with zero attached hydrogens (tertiary/aromatic N) is 1. The second-order valence-corrected chi connectivity index (χ2v) is 15.4. The summed E-state index contributed by atoms with van der Waals surface area (Å²) in [6.45, 7) is 1.21. The quantitative estimate of drug-likeness (QED) is 0.0477. The Balaban J connectivity index is 1.28. The van der Waals surface area contributed by atoms with Gasteiger partial charge in [0.05, 0.1) is 13.2 Å². The molecule has 0 bridgehead atoms. The number of benzene rings is 6. The maximum absolute atomic E-state index is 14.4. The van der Waals surface area contributed by atoms with Crippen LogP contribution in [0.15, 0.2) is 170 Å². The molecule has 0 saturated carbocycles. The fraction of sp³-hybridized carbons (Fsp3) is 0.170. The number of nitrogens with one attached hydrogen (secondary N) is 1. The van der Waals surface area contributed by atoms with Gasteiger partial charge in [0.1, 0.15) is 31.6 Å². The van der Waals surface area contributed by atoms with Gasteiger partial charge in [-0.3, -0.25) is 9.05 Å². The molecule has 0 aliphatic rings. The van der Waals surface area contributed by atoms with Crippen LogP contribution in [-0.2, 0) is 67.3 Å². The predicted octanol–water partition coefficient (Wildman–Crippen LogP) is 10.2. The maximum atomic E-state index is 14.4.